The highest BCUT2D eigenvalue weighted by atomic mass is 16.5. The second-order valence-electron chi connectivity index (χ2n) is 5.01. The SMILES string of the molecule is CCCCCN(CCC(=O)O)c1cc(C)ccc1OC. The summed E-state index contributed by atoms with van der Waals surface area (Å²) < 4.78 is 5.41. The zero-order valence-corrected chi connectivity index (χ0v) is 12.7. The minimum Gasteiger partial charge on any atom is -0.495 e. The van der Waals surface area contributed by atoms with Gasteiger partial charge in [0.1, 0.15) is 5.75 Å². The number of hydrogen-bond acceptors (Lipinski definition) is 3. The lowest BCUT2D eigenvalue weighted by Crippen LogP contribution is -2.27. The largest absolute Gasteiger partial charge is 0.495 e. The molecule has 1 rings (SSSR count). The number of nitrogens with zero attached hydrogens (tertiary/aromatic N) is 1. The molecule has 0 saturated carbocycles. The molecule has 112 valence electrons. The van der Waals surface area contributed by atoms with Gasteiger partial charge < -0.3 is 14.7 Å². The lowest BCUT2D eigenvalue weighted by Gasteiger charge is -2.26. The first kappa shape index (κ1) is 16.3. The molecular weight excluding hydrogens is 254 g/mol. The number of carboxylic acids is 1. The number of carbonyl (C=O) groups is 1. The molecule has 0 heterocycles. The van der Waals surface area contributed by atoms with Crippen molar-refractivity contribution in [2.45, 2.75) is 39.5 Å². The molecule has 4 heteroatoms. The van der Waals surface area contributed by atoms with Crippen LogP contribution in [0.3, 0.4) is 0 Å². The van der Waals surface area contributed by atoms with Gasteiger partial charge in [-0.1, -0.05) is 25.8 Å². The molecule has 0 aliphatic rings. The normalized spacial score (nSPS) is 10.3. The Bertz CT molecular complexity index is 432. The average molecular weight is 279 g/mol. The molecule has 0 aliphatic heterocycles. The van der Waals surface area contributed by atoms with Gasteiger partial charge in [0.2, 0.25) is 0 Å². The summed E-state index contributed by atoms with van der Waals surface area (Å²) in [5, 5.41) is 8.90. The maximum atomic E-state index is 10.8. The molecular formula is C16H25NO3. The van der Waals surface area contributed by atoms with Crippen LogP contribution in [0.25, 0.3) is 0 Å². The second-order valence-corrected chi connectivity index (χ2v) is 5.01. The van der Waals surface area contributed by atoms with Gasteiger partial charge in [0.25, 0.3) is 0 Å². The lowest BCUT2D eigenvalue weighted by molar-refractivity contribution is -0.136. The molecule has 1 aromatic carbocycles. The standard InChI is InChI=1S/C16H25NO3/c1-4-5-6-10-17(11-9-16(18)19)14-12-13(2)7-8-15(14)20-3/h7-8,12H,4-6,9-11H2,1-3H3,(H,18,19). The fraction of sp³-hybridized carbons (Fsp3) is 0.562. The van der Waals surface area contributed by atoms with Gasteiger partial charge in [0.05, 0.1) is 19.2 Å². The number of unbranched alkanes of at least 4 members (excludes halogenated alkanes) is 2. The molecule has 0 bridgehead atoms. The summed E-state index contributed by atoms with van der Waals surface area (Å²) in [7, 11) is 1.65. The number of benzene rings is 1. The number of anilines is 1. The number of aliphatic carboxylic acids is 1. The number of hydrogen-bond donors (Lipinski definition) is 1. The molecule has 0 aromatic heterocycles. The van der Waals surface area contributed by atoms with E-state index in [-0.39, 0.29) is 6.42 Å². The minimum atomic E-state index is -0.767. The Balaban J connectivity index is 2.89. The highest BCUT2D eigenvalue weighted by Gasteiger charge is 2.13. The highest BCUT2D eigenvalue weighted by Crippen LogP contribution is 2.29. The summed E-state index contributed by atoms with van der Waals surface area (Å²) in [6.07, 6.45) is 3.51. The van der Waals surface area contributed by atoms with Crippen LogP contribution in [-0.4, -0.2) is 31.3 Å². The van der Waals surface area contributed by atoms with Crippen molar-refractivity contribution >= 4 is 11.7 Å². The smallest absolute Gasteiger partial charge is 0.305 e. The summed E-state index contributed by atoms with van der Waals surface area (Å²) in [6.45, 7) is 5.57. The third kappa shape index (κ3) is 5.11. The summed E-state index contributed by atoms with van der Waals surface area (Å²) >= 11 is 0. The molecule has 0 aliphatic carbocycles. The Hall–Kier alpha value is -1.71. The van der Waals surface area contributed by atoms with Gasteiger partial charge in [0, 0.05) is 13.1 Å². The molecule has 0 atom stereocenters. The van der Waals surface area contributed by atoms with E-state index < -0.39 is 5.97 Å². The van der Waals surface area contributed by atoms with Crippen molar-refractivity contribution in [1.82, 2.24) is 0 Å². The van der Waals surface area contributed by atoms with Crippen LogP contribution in [0.1, 0.15) is 38.2 Å². The van der Waals surface area contributed by atoms with Gasteiger partial charge in [-0.2, -0.15) is 0 Å². The van der Waals surface area contributed by atoms with Crippen molar-refractivity contribution < 1.29 is 14.6 Å². The predicted molar refractivity (Wildman–Crippen MR) is 81.7 cm³/mol. The lowest BCUT2D eigenvalue weighted by atomic mass is 10.1. The third-order valence-corrected chi connectivity index (χ3v) is 3.30. The van der Waals surface area contributed by atoms with Crippen LogP contribution in [0.5, 0.6) is 5.75 Å². The predicted octanol–water partition coefficient (Wildman–Crippen LogP) is 3.47. The third-order valence-electron chi connectivity index (χ3n) is 3.30. The fourth-order valence-corrected chi connectivity index (χ4v) is 2.18. The van der Waals surface area contributed by atoms with Crippen molar-refractivity contribution in [3.8, 4) is 5.75 Å². The van der Waals surface area contributed by atoms with Crippen molar-refractivity contribution in [2.75, 3.05) is 25.1 Å². The maximum absolute atomic E-state index is 10.8. The van der Waals surface area contributed by atoms with Crippen LogP contribution in [0, 0.1) is 6.92 Å². The van der Waals surface area contributed by atoms with Crippen LogP contribution in [0.4, 0.5) is 5.69 Å². The van der Waals surface area contributed by atoms with Gasteiger partial charge in [0.15, 0.2) is 0 Å². The Morgan fingerprint density at radius 2 is 2.05 bits per heavy atom. The number of methoxy groups -OCH3 is 1. The Kier molecular flexibility index (Phi) is 6.91. The molecule has 0 saturated heterocycles. The van der Waals surface area contributed by atoms with E-state index in [1.54, 1.807) is 7.11 Å². The number of aryl methyl sites for hydroxylation is 1. The van der Waals surface area contributed by atoms with E-state index in [1.807, 2.05) is 19.1 Å². The van der Waals surface area contributed by atoms with E-state index in [0.717, 1.165) is 42.8 Å². The fourth-order valence-electron chi connectivity index (χ4n) is 2.18. The molecule has 0 unspecified atom stereocenters. The van der Waals surface area contributed by atoms with Gasteiger partial charge in [-0.3, -0.25) is 4.79 Å². The van der Waals surface area contributed by atoms with Crippen LogP contribution in [-0.2, 0) is 4.79 Å². The van der Waals surface area contributed by atoms with Crippen molar-refractivity contribution in [2.24, 2.45) is 0 Å². The number of carboxylic acid groups (broad SMARTS) is 1. The molecule has 0 spiro atoms. The zero-order chi connectivity index (χ0) is 15.0. The average Bonchev–Trinajstić information content (AvgIpc) is 2.42. The molecule has 1 aromatic rings. The monoisotopic (exact) mass is 279 g/mol. The summed E-state index contributed by atoms with van der Waals surface area (Å²) in [4.78, 5) is 12.9. The van der Waals surface area contributed by atoms with Crippen molar-refractivity contribution in [1.29, 1.82) is 0 Å². The van der Waals surface area contributed by atoms with Gasteiger partial charge in [-0.15, -0.1) is 0 Å². The van der Waals surface area contributed by atoms with Gasteiger partial charge >= 0.3 is 5.97 Å². The van der Waals surface area contributed by atoms with Gasteiger partial charge in [-0.05, 0) is 31.0 Å². The summed E-state index contributed by atoms with van der Waals surface area (Å²) in [5.74, 6) is 0.0367. The van der Waals surface area contributed by atoms with E-state index >= 15 is 0 Å². The van der Waals surface area contributed by atoms with E-state index in [1.165, 1.54) is 0 Å². The molecule has 0 amide bonds. The molecule has 4 nitrogen and oxygen atoms in total. The molecule has 20 heavy (non-hydrogen) atoms. The van der Waals surface area contributed by atoms with E-state index in [0.29, 0.717) is 6.54 Å². The topological polar surface area (TPSA) is 49.8 Å². The van der Waals surface area contributed by atoms with E-state index in [4.69, 9.17) is 9.84 Å². The first-order valence-corrected chi connectivity index (χ1v) is 7.19. The number of rotatable bonds is 9. The van der Waals surface area contributed by atoms with E-state index in [2.05, 4.69) is 17.9 Å². The van der Waals surface area contributed by atoms with Crippen molar-refractivity contribution in [3.05, 3.63) is 23.8 Å². The Morgan fingerprint density at radius 3 is 2.65 bits per heavy atom. The summed E-state index contributed by atoms with van der Waals surface area (Å²) in [5.41, 5.74) is 2.14. The van der Waals surface area contributed by atoms with E-state index in [9.17, 15) is 4.79 Å². The summed E-state index contributed by atoms with van der Waals surface area (Å²) in [6, 6.07) is 6.01. The van der Waals surface area contributed by atoms with Crippen LogP contribution in [0.2, 0.25) is 0 Å². The molecule has 0 radical (unpaired) electrons. The second kappa shape index (κ2) is 8.46. The zero-order valence-electron chi connectivity index (χ0n) is 12.7. The van der Waals surface area contributed by atoms with Crippen LogP contribution < -0.4 is 9.64 Å². The number of ether oxygens (including phenoxy) is 1. The highest BCUT2D eigenvalue weighted by molar-refractivity contribution is 5.68. The van der Waals surface area contributed by atoms with Crippen molar-refractivity contribution in [3.63, 3.8) is 0 Å². The Labute approximate surface area is 121 Å². The maximum Gasteiger partial charge on any atom is 0.305 e. The van der Waals surface area contributed by atoms with Crippen LogP contribution in [0.15, 0.2) is 18.2 Å². The quantitative estimate of drug-likeness (QED) is 0.703. The molecule has 1 N–H and O–H groups in total. The minimum absolute atomic E-state index is 0.142. The molecule has 0 fully saturated rings. The Morgan fingerprint density at radius 1 is 1.30 bits per heavy atom. The first-order valence-electron chi connectivity index (χ1n) is 7.19. The van der Waals surface area contributed by atoms with Gasteiger partial charge in [-0.25, -0.2) is 0 Å². The first-order chi connectivity index (χ1) is 9.58. The van der Waals surface area contributed by atoms with Crippen LogP contribution >= 0.6 is 0 Å².